The topological polar surface area (TPSA) is 40.2 Å². The van der Waals surface area contributed by atoms with Gasteiger partial charge in [-0.3, -0.25) is 0 Å². The van der Waals surface area contributed by atoms with Gasteiger partial charge in [0.1, 0.15) is 6.10 Å². The molecule has 0 N–H and O–H groups in total. The van der Waals surface area contributed by atoms with Gasteiger partial charge in [0.15, 0.2) is 25.0 Å². The zero-order chi connectivity index (χ0) is 18.3. The molecular formula is C16H37O4Si4. The molecule has 1 fully saturated rings. The Bertz CT molecular complexity index is 360. The van der Waals surface area contributed by atoms with Gasteiger partial charge >= 0.3 is 0 Å². The Morgan fingerprint density at radius 1 is 0.875 bits per heavy atom. The van der Waals surface area contributed by atoms with Gasteiger partial charge < -0.3 is 17.7 Å². The fourth-order valence-electron chi connectivity index (χ4n) is 2.98. The Balaban J connectivity index is 2.16. The predicted molar refractivity (Wildman–Crippen MR) is 109 cm³/mol. The second kappa shape index (κ2) is 10.1. The molecule has 1 heterocycles. The lowest BCUT2D eigenvalue weighted by molar-refractivity contribution is 0.116. The summed E-state index contributed by atoms with van der Waals surface area (Å²) in [5, 5.41) is 0. The van der Waals surface area contributed by atoms with E-state index < -0.39 is 25.0 Å². The summed E-state index contributed by atoms with van der Waals surface area (Å²) in [6.07, 6.45) is 4.00. The summed E-state index contributed by atoms with van der Waals surface area (Å²) in [5.74, 6) is 0. The first-order valence-corrected chi connectivity index (χ1v) is 19.0. The van der Waals surface area contributed by atoms with Gasteiger partial charge in [-0.05, 0) is 63.8 Å². The molecule has 0 aromatic carbocycles. The van der Waals surface area contributed by atoms with E-state index in [1.807, 2.05) is 0 Å². The predicted octanol–water partition coefficient (Wildman–Crippen LogP) is 4.30. The molecule has 0 aromatic rings. The van der Waals surface area contributed by atoms with Gasteiger partial charge in [-0.25, -0.2) is 0 Å². The van der Waals surface area contributed by atoms with Gasteiger partial charge in [0.05, 0.1) is 13.2 Å². The van der Waals surface area contributed by atoms with Crippen molar-refractivity contribution >= 4 is 35.4 Å². The van der Waals surface area contributed by atoms with Crippen LogP contribution < -0.4 is 0 Å². The van der Waals surface area contributed by atoms with E-state index in [1.54, 1.807) is 0 Å². The molecule has 0 bridgehead atoms. The van der Waals surface area contributed by atoms with Crippen molar-refractivity contribution in [2.45, 2.75) is 82.8 Å². The highest BCUT2D eigenvalue weighted by Crippen LogP contribution is 2.25. The number of epoxide rings is 1. The summed E-state index contributed by atoms with van der Waals surface area (Å²) in [7, 11) is -1.38. The lowest BCUT2D eigenvalue weighted by atomic mass is 10.4. The zero-order valence-corrected chi connectivity index (χ0v) is 20.6. The molecule has 0 aromatic heterocycles. The first-order chi connectivity index (χ1) is 11.1. The van der Waals surface area contributed by atoms with E-state index in [1.165, 1.54) is 31.0 Å². The Labute approximate surface area is 155 Å². The third-order valence-electron chi connectivity index (χ3n) is 4.41. The van der Waals surface area contributed by atoms with E-state index in [4.69, 9.17) is 17.7 Å². The summed E-state index contributed by atoms with van der Waals surface area (Å²) in [5.41, 5.74) is 0. The molecule has 1 rings (SSSR count). The molecular weight excluding hydrogens is 369 g/mol. The summed E-state index contributed by atoms with van der Waals surface area (Å²) >= 11 is 0. The molecule has 8 heteroatoms. The van der Waals surface area contributed by atoms with E-state index in [9.17, 15) is 0 Å². The number of hydrogen-bond acceptors (Lipinski definition) is 4. The Morgan fingerprint density at radius 3 is 1.88 bits per heavy atom. The molecule has 1 aliphatic heterocycles. The van der Waals surface area contributed by atoms with Crippen molar-refractivity contribution < 1.29 is 17.7 Å². The quantitative estimate of drug-likeness (QED) is 0.245. The normalized spacial score (nSPS) is 18.9. The minimum Gasteiger partial charge on any atom is -0.457 e. The van der Waals surface area contributed by atoms with Crippen LogP contribution in [0.25, 0.3) is 0 Å². The molecule has 0 aliphatic carbocycles. The zero-order valence-electron chi connectivity index (χ0n) is 16.6. The monoisotopic (exact) mass is 405 g/mol. The lowest BCUT2D eigenvalue weighted by Crippen LogP contribution is -2.44. The summed E-state index contributed by atoms with van der Waals surface area (Å²) in [4.78, 5) is 0. The van der Waals surface area contributed by atoms with E-state index in [0.717, 1.165) is 26.2 Å². The van der Waals surface area contributed by atoms with E-state index in [2.05, 4.69) is 49.8 Å². The van der Waals surface area contributed by atoms with Gasteiger partial charge in [0, 0.05) is 6.61 Å². The second-order valence-corrected chi connectivity index (χ2v) is 22.5. The van der Waals surface area contributed by atoms with Gasteiger partial charge in [-0.2, -0.15) is 0 Å². The van der Waals surface area contributed by atoms with Crippen molar-refractivity contribution in [1.29, 1.82) is 0 Å². The van der Waals surface area contributed by atoms with Crippen LogP contribution in [0.3, 0.4) is 0 Å². The minimum absolute atomic E-state index is 0.376. The van der Waals surface area contributed by atoms with Crippen molar-refractivity contribution in [1.82, 2.24) is 0 Å². The Hall–Kier alpha value is 0.708. The third-order valence-corrected chi connectivity index (χ3v) is 15.7. The van der Waals surface area contributed by atoms with Crippen molar-refractivity contribution in [3.05, 3.63) is 0 Å². The highest BCUT2D eigenvalue weighted by Gasteiger charge is 2.32. The van der Waals surface area contributed by atoms with Crippen LogP contribution in [0, 0.1) is 0 Å². The first kappa shape index (κ1) is 22.7. The minimum atomic E-state index is -1.58. The average molecular weight is 406 g/mol. The first-order valence-electron chi connectivity index (χ1n) is 9.30. The van der Waals surface area contributed by atoms with Crippen molar-refractivity contribution in [3.8, 4) is 0 Å². The van der Waals surface area contributed by atoms with E-state index >= 15 is 0 Å². The molecule has 1 atom stereocenters. The van der Waals surface area contributed by atoms with E-state index in [-0.39, 0.29) is 0 Å². The molecule has 24 heavy (non-hydrogen) atoms. The maximum absolute atomic E-state index is 6.69. The number of unbranched alkanes of at least 4 members (excludes halogenated alkanes) is 1. The molecule has 3 radical (unpaired) electrons. The number of rotatable bonds is 14. The molecule has 0 spiro atoms. The number of ether oxygens (including phenoxy) is 2. The fraction of sp³-hybridized carbons (Fsp3) is 1.00. The number of hydrogen-bond donors (Lipinski definition) is 0. The van der Waals surface area contributed by atoms with Crippen LogP contribution in [0.5, 0.6) is 0 Å². The Morgan fingerprint density at radius 2 is 1.38 bits per heavy atom. The molecule has 1 unspecified atom stereocenters. The summed E-state index contributed by atoms with van der Waals surface area (Å²) in [6, 6.07) is 3.65. The van der Waals surface area contributed by atoms with Crippen LogP contribution in [-0.2, 0) is 17.7 Å². The Kier molecular flexibility index (Phi) is 9.62. The van der Waals surface area contributed by atoms with E-state index in [0.29, 0.717) is 6.10 Å². The van der Waals surface area contributed by atoms with Crippen LogP contribution >= 0.6 is 0 Å². The molecule has 141 valence electrons. The second-order valence-electron chi connectivity index (χ2n) is 8.82. The fourth-order valence-corrected chi connectivity index (χ4v) is 13.4. The van der Waals surface area contributed by atoms with Gasteiger partial charge in [0.25, 0.3) is 0 Å². The summed E-state index contributed by atoms with van der Waals surface area (Å²) in [6.45, 7) is 16.5. The van der Waals surface area contributed by atoms with Crippen LogP contribution in [-0.4, -0.2) is 61.4 Å². The highest BCUT2D eigenvalue weighted by molar-refractivity contribution is 6.84. The maximum atomic E-state index is 6.69. The molecule has 1 saturated heterocycles. The lowest BCUT2D eigenvalue weighted by Gasteiger charge is -2.34. The van der Waals surface area contributed by atoms with Crippen LogP contribution in [0.4, 0.5) is 0 Å². The van der Waals surface area contributed by atoms with Crippen molar-refractivity contribution in [2.75, 3.05) is 19.8 Å². The molecule has 0 saturated carbocycles. The summed E-state index contributed by atoms with van der Waals surface area (Å²) < 4.78 is 22.9. The van der Waals surface area contributed by atoms with Crippen LogP contribution in [0.15, 0.2) is 0 Å². The van der Waals surface area contributed by atoms with Crippen molar-refractivity contribution in [3.63, 3.8) is 0 Å². The van der Waals surface area contributed by atoms with Crippen LogP contribution in [0.1, 0.15) is 19.3 Å². The smallest absolute Gasteiger partial charge is 0.230 e. The largest absolute Gasteiger partial charge is 0.457 e. The van der Waals surface area contributed by atoms with Crippen molar-refractivity contribution in [2.24, 2.45) is 0 Å². The maximum Gasteiger partial charge on any atom is 0.230 e. The van der Waals surface area contributed by atoms with Gasteiger partial charge in [-0.1, -0.05) is 12.8 Å². The molecule has 4 nitrogen and oxygen atoms in total. The molecule has 0 amide bonds. The SMILES string of the molecule is C[Si](C)(CCCC[Si](C)(C)O[Si](C)(C)CCCOCC1CO1)O[Si]. The highest BCUT2D eigenvalue weighted by atomic mass is 28.4. The third kappa shape index (κ3) is 11.3. The standard InChI is InChI=1S/C16H37O4Si4/c1-22(2,19-21)11-7-8-12-23(3,4)20-24(5,6)13-9-10-17-14-16-15-18-16/h16H,7-15H2,1-6H3. The molecule has 1 aliphatic rings. The van der Waals surface area contributed by atoms with Gasteiger partial charge in [-0.15, -0.1) is 0 Å². The van der Waals surface area contributed by atoms with Crippen LogP contribution in [0.2, 0.25) is 57.4 Å². The van der Waals surface area contributed by atoms with Gasteiger partial charge in [0.2, 0.25) is 10.5 Å². The average Bonchev–Trinajstić information content (AvgIpc) is 3.26.